The number of rotatable bonds is 8. The Morgan fingerprint density at radius 2 is 1.79 bits per heavy atom. The fraction of sp³-hybridized carbons (Fsp3) is 0.786. The van der Waals surface area contributed by atoms with Crippen LogP contribution in [-0.4, -0.2) is 49.6 Å². The maximum absolute atomic E-state index is 4.15. The van der Waals surface area contributed by atoms with Crippen LogP contribution < -0.4 is 10.6 Å². The molecule has 0 aromatic carbocycles. The molecule has 0 radical (unpaired) electrons. The van der Waals surface area contributed by atoms with Crippen molar-refractivity contribution in [1.29, 1.82) is 0 Å². The van der Waals surface area contributed by atoms with Crippen molar-refractivity contribution in [2.45, 2.75) is 46.2 Å². The van der Waals surface area contributed by atoms with Crippen LogP contribution in [0, 0.1) is 0 Å². The van der Waals surface area contributed by atoms with Gasteiger partial charge in [0.15, 0.2) is 5.96 Å². The van der Waals surface area contributed by atoms with Crippen LogP contribution >= 0.6 is 24.0 Å². The zero-order valence-corrected chi connectivity index (χ0v) is 15.4. The molecule has 0 aromatic heterocycles. The Labute approximate surface area is 136 Å². The highest BCUT2D eigenvalue weighted by atomic mass is 127. The molecule has 0 spiro atoms. The summed E-state index contributed by atoms with van der Waals surface area (Å²) >= 11 is 0. The highest BCUT2D eigenvalue weighted by molar-refractivity contribution is 14.0. The number of nitrogens with zero attached hydrogens (tertiary/aromatic N) is 2. The van der Waals surface area contributed by atoms with Gasteiger partial charge in [-0.2, -0.15) is 0 Å². The summed E-state index contributed by atoms with van der Waals surface area (Å²) in [5.74, 6) is 0.843. The molecule has 0 aliphatic carbocycles. The van der Waals surface area contributed by atoms with Crippen molar-refractivity contribution >= 4 is 29.9 Å². The van der Waals surface area contributed by atoms with Crippen LogP contribution in [0.4, 0.5) is 0 Å². The van der Waals surface area contributed by atoms with E-state index in [1.165, 1.54) is 0 Å². The molecular formula is C14H31IN4. The second-order valence-electron chi connectivity index (χ2n) is 4.95. The predicted molar refractivity (Wildman–Crippen MR) is 96.6 cm³/mol. The first-order chi connectivity index (χ1) is 8.52. The minimum absolute atomic E-state index is 0. The fourth-order valence-corrected chi connectivity index (χ4v) is 1.97. The monoisotopic (exact) mass is 382 g/mol. The van der Waals surface area contributed by atoms with Gasteiger partial charge in [-0.3, -0.25) is 9.89 Å². The molecule has 0 unspecified atom stereocenters. The lowest BCUT2D eigenvalue weighted by Gasteiger charge is -2.30. The maximum atomic E-state index is 4.15. The van der Waals surface area contributed by atoms with E-state index in [4.69, 9.17) is 0 Å². The van der Waals surface area contributed by atoms with Crippen molar-refractivity contribution in [2.24, 2.45) is 4.99 Å². The molecule has 2 N–H and O–H groups in total. The van der Waals surface area contributed by atoms with Crippen LogP contribution in [0.2, 0.25) is 0 Å². The third-order valence-corrected chi connectivity index (χ3v) is 2.85. The molecule has 0 rings (SSSR count). The summed E-state index contributed by atoms with van der Waals surface area (Å²) in [6, 6.07) is 1.20. The Morgan fingerprint density at radius 1 is 1.21 bits per heavy atom. The van der Waals surface area contributed by atoms with Crippen LogP contribution in [0.25, 0.3) is 0 Å². The van der Waals surface area contributed by atoms with Gasteiger partial charge in [0.2, 0.25) is 0 Å². The van der Waals surface area contributed by atoms with E-state index in [2.05, 4.69) is 54.8 Å². The van der Waals surface area contributed by atoms with Crippen LogP contribution in [-0.2, 0) is 0 Å². The maximum Gasteiger partial charge on any atom is 0.191 e. The minimum Gasteiger partial charge on any atom is -0.356 e. The average Bonchev–Trinajstić information content (AvgIpc) is 2.31. The van der Waals surface area contributed by atoms with Gasteiger partial charge in [-0.25, -0.2) is 0 Å². The van der Waals surface area contributed by atoms with E-state index in [-0.39, 0.29) is 24.0 Å². The number of aliphatic imine (C=N–C) groups is 1. The summed E-state index contributed by atoms with van der Waals surface area (Å²) in [6.45, 7) is 15.5. The molecule has 4 nitrogen and oxygen atoms in total. The molecule has 0 aromatic rings. The Kier molecular flexibility index (Phi) is 14.1. The van der Waals surface area contributed by atoms with Gasteiger partial charge in [-0.15, -0.1) is 30.6 Å². The van der Waals surface area contributed by atoms with E-state index in [1.807, 2.05) is 6.08 Å². The molecule has 114 valence electrons. The summed E-state index contributed by atoms with van der Waals surface area (Å²) in [4.78, 5) is 6.65. The van der Waals surface area contributed by atoms with Crippen molar-refractivity contribution in [3.8, 4) is 0 Å². The van der Waals surface area contributed by atoms with Gasteiger partial charge >= 0.3 is 0 Å². The van der Waals surface area contributed by atoms with E-state index in [9.17, 15) is 0 Å². The summed E-state index contributed by atoms with van der Waals surface area (Å²) in [5.41, 5.74) is 0. The van der Waals surface area contributed by atoms with Crippen molar-refractivity contribution < 1.29 is 0 Å². The third kappa shape index (κ3) is 10.2. The van der Waals surface area contributed by atoms with Crippen LogP contribution in [0.3, 0.4) is 0 Å². The summed E-state index contributed by atoms with van der Waals surface area (Å²) < 4.78 is 0. The largest absolute Gasteiger partial charge is 0.356 e. The Morgan fingerprint density at radius 3 is 2.21 bits per heavy atom. The molecule has 0 saturated carbocycles. The summed E-state index contributed by atoms with van der Waals surface area (Å²) in [6.07, 6.45) is 2.94. The lowest BCUT2D eigenvalue weighted by atomic mass is 10.2. The zero-order chi connectivity index (χ0) is 14.0. The third-order valence-electron chi connectivity index (χ3n) is 2.85. The van der Waals surface area contributed by atoms with Gasteiger partial charge in [0.05, 0.1) is 0 Å². The molecule has 19 heavy (non-hydrogen) atoms. The summed E-state index contributed by atoms with van der Waals surface area (Å²) in [7, 11) is 1.78. The van der Waals surface area contributed by atoms with Crippen molar-refractivity contribution in [1.82, 2.24) is 15.5 Å². The molecule has 0 saturated heterocycles. The molecule has 0 atom stereocenters. The topological polar surface area (TPSA) is 39.7 Å². The van der Waals surface area contributed by atoms with Crippen molar-refractivity contribution in [2.75, 3.05) is 26.7 Å². The summed E-state index contributed by atoms with van der Waals surface area (Å²) in [5, 5.41) is 6.46. The van der Waals surface area contributed by atoms with E-state index in [0.717, 1.165) is 32.0 Å². The van der Waals surface area contributed by atoms with Gasteiger partial charge in [0, 0.05) is 38.8 Å². The van der Waals surface area contributed by atoms with E-state index in [0.29, 0.717) is 12.1 Å². The SMILES string of the molecule is C=CCNC(=NC)NCCCN(C(C)C)C(C)C.I. The van der Waals surface area contributed by atoms with Crippen molar-refractivity contribution in [3.05, 3.63) is 12.7 Å². The van der Waals surface area contributed by atoms with Crippen LogP contribution in [0.1, 0.15) is 34.1 Å². The first-order valence-corrected chi connectivity index (χ1v) is 6.84. The number of hydrogen-bond acceptors (Lipinski definition) is 2. The van der Waals surface area contributed by atoms with Crippen LogP contribution in [0.5, 0.6) is 0 Å². The standard InChI is InChI=1S/C14H30N4.HI/c1-7-9-16-14(15-6)17-10-8-11-18(12(2)3)13(4)5;/h7,12-13H,1,8-11H2,2-6H3,(H2,15,16,17);1H. The van der Waals surface area contributed by atoms with E-state index >= 15 is 0 Å². The van der Waals surface area contributed by atoms with E-state index < -0.39 is 0 Å². The lowest BCUT2D eigenvalue weighted by Crippen LogP contribution is -2.41. The fourth-order valence-electron chi connectivity index (χ4n) is 1.97. The number of nitrogens with one attached hydrogen (secondary N) is 2. The normalized spacial score (nSPS) is 11.7. The molecule has 0 heterocycles. The highest BCUT2D eigenvalue weighted by Gasteiger charge is 2.12. The smallest absolute Gasteiger partial charge is 0.191 e. The van der Waals surface area contributed by atoms with Gasteiger partial charge in [0.25, 0.3) is 0 Å². The second-order valence-corrected chi connectivity index (χ2v) is 4.95. The Hall–Kier alpha value is -0.300. The minimum atomic E-state index is 0. The van der Waals surface area contributed by atoms with Crippen LogP contribution in [0.15, 0.2) is 17.6 Å². The molecule has 0 bridgehead atoms. The Balaban J connectivity index is 0. The van der Waals surface area contributed by atoms with Gasteiger partial charge in [-0.1, -0.05) is 6.08 Å². The lowest BCUT2D eigenvalue weighted by molar-refractivity contribution is 0.173. The van der Waals surface area contributed by atoms with E-state index in [1.54, 1.807) is 7.05 Å². The Bertz CT molecular complexity index is 244. The molecule has 0 aliphatic heterocycles. The van der Waals surface area contributed by atoms with Crippen molar-refractivity contribution in [3.63, 3.8) is 0 Å². The molecule has 0 amide bonds. The number of hydrogen-bond donors (Lipinski definition) is 2. The number of guanidine groups is 1. The molecule has 0 aliphatic rings. The quantitative estimate of drug-likeness (QED) is 0.223. The second kappa shape index (κ2) is 12.7. The van der Waals surface area contributed by atoms with Gasteiger partial charge < -0.3 is 10.6 Å². The first kappa shape index (κ1) is 21.0. The highest BCUT2D eigenvalue weighted by Crippen LogP contribution is 2.05. The molecule has 5 heteroatoms. The van der Waals surface area contributed by atoms with Gasteiger partial charge in [-0.05, 0) is 34.1 Å². The molecular weight excluding hydrogens is 351 g/mol. The average molecular weight is 382 g/mol. The van der Waals surface area contributed by atoms with Gasteiger partial charge in [0.1, 0.15) is 0 Å². The number of halogens is 1. The molecule has 0 fully saturated rings. The first-order valence-electron chi connectivity index (χ1n) is 6.84. The zero-order valence-electron chi connectivity index (χ0n) is 13.1. The predicted octanol–water partition coefficient (Wildman–Crippen LogP) is 2.46.